The van der Waals surface area contributed by atoms with E-state index in [1.807, 2.05) is 12.2 Å². The van der Waals surface area contributed by atoms with E-state index in [4.69, 9.17) is 0 Å². The number of aliphatic carboxylic acids is 1. The Morgan fingerprint density at radius 1 is 1.15 bits per heavy atom. The molecule has 0 aromatic heterocycles. The van der Waals surface area contributed by atoms with Gasteiger partial charge in [-0.05, 0) is 31.1 Å². The predicted molar refractivity (Wildman–Crippen MR) is 71.8 cm³/mol. The summed E-state index contributed by atoms with van der Waals surface area (Å²) in [6.45, 7) is 0.246. The molecule has 2 unspecified atom stereocenters. The highest BCUT2D eigenvalue weighted by Crippen LogP contribution is 2.48. The van der Waals surface area contributed by atoms with Crippen LogP contribution in [0.5, 0.6) is 0 Å². The molecule has 0 heterocycles. The summed E-state index contributed by atoms with van der Waals surface area (Å²) < 4.78 is 0. The minimum absolute atomic E-state index is 0.0113. The van der Waals surface area contributed by atoms with Crippen LogP contribution in [0.1, 0.15) is 32.1 Å². The molecule has 0 aromatic rings. The second-order valence-corrected chi connectivity index (χ2v) is 6.49. The maximum Gasteiger partial charge on any atom is 0.307 e. The summed E-state index contributed by atoms with van der Waals surface area (Å²) in [6.07, 6.45) is 8.07. The van der Waals surface area contributed by atoms with Crippen LogP contribution in [0.15, 0.2) is 12.2 Å². The largest absolute Gasteiger partial charge is 0.481 e. The van der Waals surface area contributed by atoms with Gasteiger partial charge in [0, 0.05) is 6.54 Å². The van der Waals surface area contributed by atoms with Gasteiger partial charge in [0.2, 0.25) is 5.91 Å². The monoisotopic (exact) mass is 279 g/mol. The third kappa shape index (κ3) is 2.24. The summed E-state index contributed by atoms with van der Waals surface area (Å²) >= 11 is 0. The Morgan fingerprint density at radius 2 is 1.75 bits per heavy atom. The minimum Gasteiger partial charge on any atom is -0.481 e. The van der Waals surface area contributed by atoms with Crippen molar-refractivity contribution in [3.05, 3.63) is 12.2 Å². The van der Waals surface area contributed by atoms with E-state index in [0.29, 0.717) is 12.8 Å². The molecule has 0 aromatic carbocycles. The number of allylic oxidation sites excluding steroid dienone is 2. The van der Waals surface area contributed by atoms with E-state index in [0.717, 1.165) is 19.3 Å². The number of fused-ring (bicyclic) bond motifs is 2. The molecule has 3 rings (SSSR count). The fourth-order valence-corrected chi connectivity index (χ4v) is 4.10. The highest BCUT2D eigenvalue weighted by atomic mass is 16.4. The van der Waals surface area contributed by atoms with Gasteiger partial charge in [-0.25, -0.2) is 0 Å². The number of hydrogen-bond donors (Lipinski definition) is 3. The van der Waals surface area contributed by atoms with Crippen molar-refractivity contribution in [2.45, 2.75) is 37.7 Å². The molecule has 1 amide bonds. The molecule has 0 spiro atoms. The van der Waals surface area contributed by atoms with E-state index < -0.39 is 23.4 Å². The van der Waals surface area contributed by atoms with Crippen molar-refractivity contribution >= 4 is 11.9 Å². The third-order valence-corrected chi connectivity index (χ3v) is 5.17. The van der Waals surface area contributed by atoms with Crippen LogP contribution in [0, 0.1) is 23.7 Å². The smallest absolute Gasteiger partial charge is 0.307 e. The van der Waals surface area contributed by atoms with Gasteiger partial charge in [-0.3, -0.25) is 9.59 Å². The second kappa shape index (κ2) is 4.88. The summed E-state index contributed by atoms with van der Waals surface area (Å²) in [5.41, 5.74) is -0.790. The Bertz CT molecular complexity index is 453. The number of carbonyl (C=O) groups is 2. The Labute approximate surface area is 118 Å². The summed E-state index contributed by atoms with van der Waals surface area (Å²) in [5.74, 6) is -2.16. The van der Waals surface area contributed by atoms with E-state index >= 15 is 0 Å². The number of carboxylic acids is 1. The van der Waals surface area contributed by atoms with Crippen molar-refractivity contribution in [1.82, 2.24) is 5.32 Å². The van der Waals surface area contributed by atoms with Gasteiger partial charge in [-0.15, -0.1) is 0 Å². The fraction of sp³-hybridized carbons (Fsp3) is 0.733. The van der Waals surface area contributed by atoms with E-state index in [1.165, 1.54) is 0 Å². The first-order chi connectivity index (χ1) is 9.50. The summed E-state index contributed by atoms with van der Waals surface area (Å²) in [4.78, 5) is 23.7. The molecule has 3 aliphatic rings. The first-order valence-electron chi connectivity index (χ1n) is 7.41. The van der Waals surface area contributed by atoms with E-state index in [2.05, 4.69) is 5.32 Å². The lowest BCUT2D eigenvalue weighted by Gasteiger charge is -2.27. The Kier molecular flexibility index (Phi) is 3.32. The third-order valence-electron chi connectivity index (χ3n) is 5.17. The number of nitrogens with one attached hydrogen (secondary N) is 1. The number of carboxylic acid groups (broad SMARTS) is 1. The van der Waals surface area contributed by atoms with Crippen LogP contribution in [0.25, 0.3) is 0 Å². The van der Waals surface area contributed by atoms with Gasteiger partial charge >= 0.3 is 5.97 Å². The molecule has 4 atom stereocenters. The normalized spacial score (nSPS) is 37.2. The molecule has 20 heavy (non-hydrogen) atoms. The van der Waals surface area contributed by atoms with Crippen LogP contribution in [0.4, 0.5) is 0 Å². The quantitative estimate of drug-likeness (QED) is 0.668. The molecule has 0 saturated heterocycles. The first-order valence-corrected chi connectivity index (χ1v) is 7.41. The number of hydrogen-bond acceptors (Lipinski definition) is 3. The predicted octanol–water partition coefficient (Wildman–Crippen LogP) is 0.931. The van der Waals surface area contributed by atoms with Crippen molar-refractivity contribution in [1.29, 1.82) is 0 Å². The topological polar surface area (TPSA) is 86.6 Å². The van der Waals surface area contributed by atoms with Crippen molar-refractivity contribution in [3.63, 3.8) is 0 Å². The highest BCUT2D eigenvalue weighted by Gasteiger charge is 2.51. The van der Waals surface area contributed by atoms with Gasteiger partial charge < -0.3 is 15.5 Å². The van der Waals surface area contributed by atoms with Crippen molar-refractivity contribution in [3.8, 4) is 0 Å². The van der Waals surface area contributed by atoms with Crippen molar-refractivity contribution in [2.75, 3.05) is 6.54 Å². The van der Waals surface area contributed by atoms with Gasteiger partial charge in [-0.2, -0.15) is 0 Å². The Hall–Kier alpha value is -1.36. The number of amides is 1. The van der Waals surface area contributed by atoms with Crippen LogP contribution >= 0.6 is 0 Å². The summed E-state index contributed by atoms with van der Waals surface area (Å²) in [6, 6.07) is 0. The van der Waals surface area contributed by atoms with E-state index in [9.17, 15) is 19.8 Å². The van der Waals surface area contributed by atoms with E-state index in [-0.39, 0.29) is 24.3 Å². The standard InChI is InChI=1S/C15H21NO4/c17-13(16-8-15(20)5-1-2-6-15)11-9-3-4-10(7-9)12(11)14(18)19/h3-4,9-12,20H,1-2,5-8H2,(H,16,17)(H,18,19)/t9?,10?,11-,12+/m0/s1. The molecular formula is C15H21NO4. The zero-order valence-electron chi connectivity index (χ0n) is 11.4. The number of rotatable bonds is 4. The van der Waals surface area contributed by atoms with E-state index in [1.54, 1.807) is 0 Å². The van der Waals surface area contributed by atoms with Gasteiger partial charge in [-0.1, -0.05) is 25.0 Å². The molecular weight excluding hydrogens is 258 g/mol. The molecule has 2 fully saturated rings. The lowest BCUT2D eigenvalue weighted by molar-refractivity contribution is -0.148. The van der Waals surface area contributed by atoms with Crippen LogP contribution in [-0.2, 0) is 9.59 Å². The first kappa shape index (κ1) is 13.6. The molecule has 3 N–H and O–H groups in total. The molecule has 0 aliphatic heterocycles. The number of aliphatic hydroxyl groups is 1. The van der Waals surface area contributed by atoms with Gasteiger partial charge in [0.05, 0.1) is 17.4 Å². The lowest BCUT2D eigenvalue weighted by atomic mass is 9.82. The molecule has 5 nitrogen and oxygen atoms in total. The maximum atomic E-state index is 12.3. The van der Waals surface area contributed by atoms with Crippen LogP contribution in [0.3, 0.4) is 0 Å². The Balaban J connectivity index is 1.64. The minimum atomic E-state index is -0.887. The maximum absolute atomic E-state index is 12.3. The molecule has 0 radical (unpaired) electrons. The van der Waals surface area contributed by atoms with Crippen molar-refractivity contribution < 1.29 is 19.8 Å². The average Bonchev–Trinajstić information content (AvgIpc) is 3.10. The highest BCUT2D eigenvalue weighted by molar-refractivity contribution is 5.86. The summed E-state index contributed by atoms with van der Waals surface area (Å²) in [7, 11) is 0. The lowest BCUT2D eigenvalue weighted by Crippen LogP contribution is -2.46. The molecule has 2 saturated carbocycles. The summed E-state index contributed by atoms with van der Waals surface area (Å²) in [5, 5.41) is 22.4. The zero-order valence-corrected chi connectivity index (χ0v) is 11.4. The van der Waals surface area contributed by atoms with Gasteiger partial charge in [0.25, 0.3) is 0 Å². The van der Waals surface area contributed by atoms with Crippen LogP contribution in [0.2, 0.25) is 0 Å². The van der Waals surface area contributed by atoms with Gasteiger partial charge in [0.1, 0.15) is 0 Å². The molecule has 3 aliphatic carbocycles. The average molecular weight is 279 g/mol. The Morgan fingerprint density at radius 3 is 2.35 bits per heavy atom. The fourth-order valence-electron chi connectivity index (χ4n) is 4.10. The SMILES string of the molecule is O=C(O)[C@@H]1C2C=CC(C2)[C@@H]1C(=O)NCC1(O)CCCC1. The van der Waals surface area contributed by atoms with Crippen molar-refractivity contribution in [2.24, 2.45) is 23.7 Å². The molecule has 5 heteroatoms. The molecule has 2 bridgehead atoms. The second-order valence-electron chi connectivity index (χ2n) is 6.49. The molecule has 110 valence electrons. The van der Waals surface area contributed by atoms with Gasteiger partial charge in [0.15, 0.2) is 0 Å². The zero-order chi connectivity index (χ0) is 14.3. The number of carbonyl (C=O) groups excluding carboxylic acids is 1. The van der Waals surface area contributed by atoms with Crippen LogP contribution < -0.4 is 5.32 Å². The van der Waals surface area contributed by atoms with Crippen LogP contribution in [-0.4, -0.2) is 34.2 Å².